The van der Waals surface area contributed by atoms with Crippen molar-refractivity contribution < 1.29 is 4.79 Å². The fraction of sp³-hybridized carbons (Fsp3) is 0.176. The van der Waals surface area contributed by atoms with Crippen LogP contribution in [-0.2, 0) is 17.9 Å². The van der Waals surface area contributed by atoms with Crippen molar-refractivity contribution in [3.05, 3.63) is 53.2 Å². The normalized spacial score (nSPS) is 13.4. The number of carbonyl (C=O) groups excluding carboxylic acids is 1. The molecule has 4 rings (SSSR count). The van der Waals surface area contributed by atoms with Crippen LogP contribution in [0.15, 0.2) is 36.7 Å². The van der Waals surface area contributed by atoms with Gasteiger partial charge in [-0.15, -0.1) is 0 Å². The van der Waals surface area contributed by atoms with E-state index >= 15 is 0 Å². The van der Waals surface area contributed by atoms with E-state index in [1.165, 1.54) is 0 Å². The van der Waals surface area contributed by atoms with E-state index in [0.29, 0.717) is 25.3 Å². The highest BCUT2D eigenvalue weighted by Gasteiger charge is 2.26. The summed E-state index contributed by atoms with van der Waals surface area (Å²) in [4.78, 5) is 22.0. The Kier molecular flexibility index (Phi) is 5.29. The number of hydrogen-bond donors (Lipinski definition) is 1. The van der Waals surface area contributed by atoms with Gasteiger partial charge in [0.2, 0.25) is 11.2 Å². The molecule has 1 unspecified atom stereocenters. The van der Waals surface area contributed by atoms with E-state index in [1.54, 1.807) is 11.8 Å². The lowest BCUT2D eigenvalue weighted by molar-refractivity contribution is -0.129. The first-order valence-corrected chi connectivity index (χ1v) is 12.6. The number of fused-ring (bicyclic) bond motifs is 1. The van der Waals surface area contributed by atoms with Crippen molar-refractivity contribution in [1.82, 2.24) is 24.4 Å². The van der Waals surface area contributed by atoms with Gasteiger partial charge >= 0.3 is 0 Å². The second-order valence-electron chi connectivity index (χ2n) is 6.10. The van der Waals surface area contributed by atoms with Crippen LogP contribution >= 0.6 is 40.0 Å². The molecule has 1 N–H and O–H groups in total. The zero-order valence-electron chi connectivity index (χ0n) is 14.3. The molecule has 0 fully saturated rings. The second kappa shape index (κ2) is 7.69. The van der Waals surface area contributed by atoms with Gasteiger partial charge < -0.3 is 10.2 Å². The Bertz CT molecular complexity index is 1010. The quantitative estimate of drug-likeness (QED) is 0.319. The maximum Gasteiger partial charge on any atom is 0.224 e. The van der Waals surface area contributed by atoms with Crippen LogP contribution in [0.2, 0.25) is 5.28 Å². The molecule has 10 heteroatoms. The van der Waals surface area contributed by atoms with Crippen LogP contribution in [0.25, 0.3) is 11.1 Å². The molecule has 0 saturated heterocycles. The molecule has 138 valence electrons. The summed E-state index contributed by atoms with van der Waals surface area (Å²) in [5.74, 6) is 0.646. The highest BCUT2D eigenvalue weighted by molar-refractivity contribution is 14.2. The monoisotopic (exact) mass is 512 g/mol. The highest BCUT2D eigenvalue weighted by Crippen LogP contribution is 2.31. The summed E-state index contributed by atoms with van der Waals surface area (Å²) in [6.07, 6.45) is 4.47. The number of halogens is 2. The Morgan fingerprint density at radius 1 is 1.22 bits per heavy atom. The SMILES string of the molecule is CC(=O)N1Cc2nc(Cl)nc(Nc3ccc(-c4cnn(PI)c4)cc3)c2C1. The van der Waals surface area contributed by atoms with E-state index in [4.69, 9.17) is 11.6 Å². The van der Waals surface area contributed by atoms with Gasteiger partial charge in [-0.3, -0.25) is 4.79 Å². The Labute approximate surface area is 175 Å². The number of nitrogens with one attached hydrogen (secondary N) is 1. The molecule has 0 spiro atoms. The summed E-state index contributed by atoms with van der Waals surface area (Å²) in [7, 11) is 0. The number of carbonyl (C=O) groups is 1. The van der Waals surface area contributed by atoms with Crippen molar-refractivity contribution in [3.8, 4) is 11.1 Å². The van der Waals surface area contributed by atoms with Gasteiger partial charge in [-0.1, -0.05) is 12.1 Å². The summed E-state index contributed by atoms with van der Waals surface area (Å²) in [5.41, 5.74) is 4.75. The van der Waals surface area contributed by atoms with Gasteiger partial charge in [0.25, 0.3) is 0 Å². The minimum atomic E-state index is 0.00656. The van der Waals surface area contributed by atoms with E-state index in [-0.39, 0.29) is 11.2 Å². The van der Waals surface area contributed by atoms with Crippen LogP contribution < -0.4 is 5.32 Å². The van der Waals surface area contributed by atoms with Gasteiger partial charge in [-0.25, -0.2) is 14.4 Å². The standard InChI is InChI=1S/C17H15ClIN6OP/c1-10(26)24-8-14-15(9-24)22-17(18)23-16(14)21-13-4-2-11(3-5-13)12-6-20-25(7-12)27-19/h2-7,27H,8-9H2,1H3,(H,21,22,23). The third kappa shape index (κ3) is 3.93. The van der Waals surface area contributed by atoms with Crippen molar-refractivity contribution in [1.29, 1.82) is 0 Å². The maximum atomic E-state index is 11.7. The van der Waals surface area contributed by atoms with Crippen molar-refractivity contribution in [3.63, 3.8) is 0 Å². The van der Waals surface area contributed by atoms with Gasteiger partial charge in [-0.2, -0.15) is 5.10 Å². The first-order chi connectivity index (χ1) is 13.0. The molecule has 3 heterocycles. The largest absolute Gasteiger partial charge is 0.340 e. The average molecular weight is 513 g/mol. The minimum absolute atomic E-state index is 0.00656. The van der Waals surface area contributed by atoms with Crippen LogP contribution in [0.4, 0.5) is 11.5 Å². The summed E-state index contributed by atoms with van der Waals surface area (Å²) in [6.45, 7) is 2.49. The minimum Gasteiger partial charge on any atom is -0.340 e. The number of aromatic nitrogens is 4. The van der Waals surface area contributed by atoms with Crippen molar-refractivity contribution >= 4 is 57.4 Å². The van der Waals surface area contributed by atoms with Crippen LogP contribution in [0.3, 0.4) is 0 Å². The van der Waals surface area contributed by atoms with Gasteiger partial charge in [0.1, 0.15) is 5.82 Å². The first kappa shape index (κ1) is 18.6. The highest BCUT2D eigenvalue weighted by atomic mass is 127. The molecule has 0 aliphatic carbocycles. The molecule has 0 saturated carbocycles. The van der Waals surface area contributed by atoms with Crippen molar-refractivity contribution in [2.75, 3.05) is 5.32 Å². The van der Waals surface area contributed by atoms with E-state index in [0.717, 1.165) is 28.1 Å². The first-order valence-electron chi connectivity index (χ1n) is 8.13. The van der Waals surface area contributed by atoms with E-state index in [2.05, 4.69) is 42.4 Å². The molecule has 7 nitrogen and oxygen atoms in total. The van der Waals surface area contributed by atoms with Crippen molar-refractivity contribution in [2.24, 2.45) is 0 Å². The molecule has 1 aromatic carbocycles. The summed E-state index contributed by atoms with van der Waals surface area (Å²) in [5, 5.41) is 7.79. The molecule has 1 atom stereocenters. The summed E-state index contributed by atoms with van der Waals surface area (Å²) in [6, 6.07) is 8.04. The zero-order valence-corrected chi connectivity index (χ0v) is 18.2. The number of benzene rings is 1. The van der Waals surface area contributed by atoms with Crippen molar-refractivity contribution in [2.45, 2.75) is 20.0 Å². The second-order valence-corrected chi connectivity index (χ2v) is 8.51. The third-order valence-electron chi connectivity index (χ3n) is 4.35. The summed E-state index contributed by atoms with van der Waals surface area (Å²) >= 11 is 8.37. The number of rotatable bonds is 4. The molecular formula is C17H15ClIN6OP. The maximum absolute atomic E-state index is 11.7. The Hall–Kier alpha value is -1.77. The Morgan fingerprint density at radius 3 is 2.67 bits per heavy atom. The van der Waals surface area contributed by atoms with Crippen LogP contribution in [0.5, 0.6) is 0 Å². The molecule has 2 aromatic heterocycles. The van der Waals surface area contributed by atoms with Crippen LogP contribution in [0, 0.1) is 0 Å². The van der Waals surface area contributed by atoms with Gasteiger partial charge in [0, 0.05) is 29.9 Å². The molecule has 0 bridgehead atoms. The van der Waals surface area contributed by atoms with Crippen LogP contribution in [0.1, 0.15) is 18.2 Å². The van der Waals surface area contributed by atoms with Gasteiger partial charge in [-0.05, 0) is 51.3 Å². The molecule has 1 aliphatic rings. The Balaban J connectivity index is 1.57. The van der Waals surface area contributed by atoms with Gasteiger partial charge in [0.05, 0.1) is 31.4 Å². The summed E-state index contributed by atoms with van der Waals surface area (Å²) < 4.78 is 1.91. The molecular weight excluding hydrogens is 498 g/mol. The third-order valence-corrected chi connectivity index (χ3v) is 6.42. The Morgan fingerprint density at radius 2 is 2.00 bits per heavy atom. The lowest BCUT2D eigenvalue weighted by Gasteiger charge is -2.12. The molecule has 3 aromatic rings. The number of amides is 1. The topological polar surface area (TPSA) is 75.9 Å². The lowest BCUT2D eigenvalue weighted by Crippen LogP contribution is -2.21. The molecule has 27 heavy (non-hydrogen) atoms. The number of anilines is 2. The zero-order chi connectivity index (χ0) is 19.0. The lowest BCUT2D eigenvalue weighted by atomic mass is 10.1. The van der Waals surface area contributed by atoms with Crippen LogP contribution in [-0.4, -0.2) is 30.3 Å². The van der Waals surface area contributed by atoms with E-state index < -0.39 is 0 Å². The average Bonchev–Trinajstić information content (AvgIpc) is 3.29. The number of hydrogen-bond acceptors (Lipinski definition) is 5. The predicted molar refractivity (Wildman–Crippen MR) is 116 cm³/mol. The molecule has 1 aliphatic heterocycles. The smallest absolute Gasteiger partial charge is 0.224 e. The number of nitrogens with zero attached hydrogens (tertiary/aromatic N) is 5. The fourth-order valence-electron chi connectivity index (χ4n) is 2.95. The predicted octanol–water partition coefficient (Wildman–Crippen LogP) is 4.39. The van der Waals surface area contributed by atoms with E-state index in [1.807, 2.05) is 41.1 Å². The fourth-order valence-corrected chi connectivity index (χ4v) is 4.22. The molecule has 1 amide bonds. The van der Waals surface area contributed by atoms with Gasteiger partial charge in [0.15, 0.2) is 0 Å². The van der Waals surface area contributed by atoms with E-state index in [9.17, 15) is 4.79 Å². The molecule has 0 radical (unpaired) electrons.